The molecular formula is C22H38IN5O2S. The minimum Gasteiger partial charge on any atom is -0.354 e. The number of benzene rings is 1. The van der Waals surface area contributed by atoms with Crippen LogP contribution in [0.2, 0.25) is 0 Å². The number of hydrogen-bond acceptors (Lipinski definition) is 4. The van der Waals surface area contributed by atoms with Crippen LogP contribution in [0.3, 0.4) is 0 Å². The third kappa shape index (κ3) is 7.03. The van der Waals surface area contributed by atoms with E-state index in [2.05, 4.69) is 34.4 Å². The first kappa shape index (κ1) is 26.3. The van der Waals surface area contributed by atoms with Gasteiger partial charge in [0.25, 0.3) is 0 Å². The number of rotatable bonds is 5. The Bertz CT molecular complexity index is 841. The van der Waals surface area contributed by atoms with Crippen LogP contribution < -0.4 is 10.6 Å². The van der Waals surface area contributed by atoms with E-state index in [1.807, 2.05) is 19.2 Å². The molecule has 0 bridgehead atoms. The summed E-state index contributed by atoms with van der Waals surface area (Å²) in [6, 6.07) is 7.69. The van der Waals surface area contributed by atoms with Crippen molar-refractivity contribution in [3.8, 4) is 0 Å². The molecule has 1 heterocycles. The van der Waals surface area contributed by atoms with Gasteiger partial charge in [-0.05, 0) is 49.8 Å². The van der Waals surface area contributed by atoms with Gasteiger partial charge in [-0.15, -0.1) is 24.0 Å². The summed E-state index contributed by atoms with van der Waals surface area (Å²) in [5, 5.41) is 6.84. The third-order valence-electron chi connectivity index (χ3n) is 6.40. The summed E-state index contributed by atoms with van der Waals surface area (Å²) in [7, 11) is 0.276. The van der Waals surface area contributed by atoms with Crippen LogP contribution in [0.4, 0.5) is 0 Å². The SMILES string of the molecule is CN=C(NCc1ccccc1S(=O)(=O)N1CCN(C)CC1)NC1CCC(C)(C)CC1.I. The Morgan fingerprint density at radius 3 is 2.35 bits per heavy atom. The smallest absolute Gasteiger partial charge is 0.243 e. The molecule has 2 aliphatic rings. The van der Waals surface area contributed by atoms with Crippen LogP contribution in [-0.2, 0) is 16.6 Å². The molecule has 31 heavy (non-hydrogen) atoms. The first-order valence-electron chi connectivity index (χ1n) is 10.9. The molecule has 0 spiro atoms. The second-order valence-corrected chi connectivity index (χ2v) is 11.2. The molecule has 7 nitrogen and oxygen atoms in total. The van der Waals surface area contributed by atoms with E-state index in [0.717, 1.165) is 37.5 Å². The van der Waals surface area contributed by atoms with Crippen molar-refractivity contribution >= 4 is 40.0 Å². The van der Waals surface area contributed by atoms with E-state index in [9.17, 15) is 8.42 Å². The largest absolute Gasteiger partial charge is 0.354 e. The van der Waals surface area contributed by atoms with Gasteiger partial charge in [-0.2, -0.15) is 4.31 Å². The number of halogens is 1. The first-order valence-corrected chi connectivity index (χ1v) is 12.4. The van der Waals surface area contributed by atoms with Crippen LogP contribution in [-0.4, -0.2) is 69.9 Å². The predicted molar refractivity (Wildman–Crippen MR) is 137 cm³/mol. The zero-order valence-electron chi connectivity index (χ0n) is 19.2. The average molecular weight is 564 g/mol. The Morgan fingerprint density at radius 1 is 1.13 bits per heavy atom. The third-order valence-corrected chi connectivity index (χ3v) is 8.40. The number of hydrogen-bond donors (Lipinski definition) is 2. The van der Waals surface area contributed by atoms with E-state index >= 15 is 0 Å². The second kappa shape index (κ2) is 11.3. The van der Waals surface area contributed by atoms with E-state index in [-0.39, 0.29) is 24.0 Å². The highest BCUT2D eigenvalue weighted by Gasteiger charge is 2.30. The van der Waals surface area contributed by atoms with Crippen LogP contribution in [0.1, 0.15) is 45.1 Å². The fourth-order valence-corrected chi connectivity index (χ4v) is 5.82. The van der Waals surface area contributed by atoms with E-state index in [0.29, 0.717) is 36.0 Å². The normalized spacial score (nSPS) is 21.4. The lowest BCUT2D eigenvalue weighted by atomic mass is 9.75. The van der Waals surface area contributed by atoms with Crippen molar-refractivity contribution < 1.29 is 8.42 Å². The van der Waals surface area contributed by atoms with Gasteiger partial charge in [-0.3, -0.25) is 4.99 Å². The van der Waals surface area contributed by atoms with Crippen LogP contribution in [0, 0.1) is 5.41 Å². The highest BCUT2D eigenvalue weighted by atomic mass is 127. The number of guanidine groups is 1. The van der Waals surface area contributed by atoms with Crippen molar-refractivity contribution in [3.05, 3.63) is 29.8 Å². The molecule has 1 aliphatic carbocycles. The van der Waals surface area contributed by atoms with Gasteiger partial charge in [-0.1, -0.05) is 32.0 Å². The van der Waals surface area contributed by atoms with Crippen molar-refractivity contribution in [2.45, 2.75) is 57.0 Å². The molecule has 1 saturated carbocycles. The average Bonchev–Trinajstić information content (AvgIpc) is 2.73. The molecule has 1 saturated heterocycles. The fourth-order valence-electron chi connectivity index (χ4n) is 4.18. The molecule has 0 radical (unpaired) electrons. The summed E-state index contributed by atoms with van der Waals surface area (Å²) in [5.74, 6) is 0.728. The summed E-state index contributed by atoms with van der Waals surface area (Å²) >= 11 is 0. The number of aliphatic imine (C=N–C) groups is 1. The standard InChI is InChI=1S/C22H37N5O2S.HI/c1-22(2)11-9-19(10-12-22)25-21(23-3)24-17-18-7-5-6-8-20(18)30(28,29)27-15-13-26(4)14-16-27;/h5-8,19H,9-17H2,1-4H3,(H2,23,24,25);1H. The van der Waals surface area contributed by atoms with Crippen LogP contribution in [0.5, 0.6) is 0 Å². The number of likely N-dealkylation sites (N-methyl/N-ethyl adjacent to an activating group) is 1. The molecule has 3 rings (SSSR count). The summed E-state index contributed by atoms with van der Waals surface area (Å²) in [5.41, 5.74) is 1.19. The van der Waals surface area contributed by atoms with Gasteiger partial charge in [0, 0.05) is 45.8 Å². The van der Waals surface area contributed by atoms with Gasteiger partial charge in [0.2, 0.25) is 10.0 Å². The molecule has 1 aromatic rings. The van der Waals surface area contributed by atoms with E-state index < -0.39 is 10.0 Å². The molecule has 176 valence electrons. The zero-order chi connectivity index (χ0) is 21.8. The van der Waals surface area contributed by atoms with Crippen molar-refractivity contribution in [1.82, 2.24) is 19.8 Å². The Hall–Kier alpha value is -0.910. The summed E-state index contributed by atoms with van der Waals surface area (Å²) in [6.45, 7) is 7.65. The van der Waals surface area contributed by atoms with Crippen LogP contribution in [0.15, 0.2) is 34.2 Å². The molecule has 0 atom stereocenters. The topological polar surface area (TPSA) is 77.0 Å². The Balaban J connectivity index is 0.00000341. The fraction of sp³-hybridized carbons (Fsp3) is 0.682. The highest BCUT2D eigenvalue weighted by Crippen LogP contribution is 2.34. The lowest BCUT2D eigenvalue weighted by Crippen LogP contribution is -2.47. The molecule has 9 heteroatoms. The maximum Gasteiger partial charge on any atom is 0.243 e. The summed E-state index contributed by atoms with van der Waals surface area (Å²) < 4.78 is 28.1. The Labute approximate surface area is 205 Å². The Morgan fingerprint density at radius 2 is 1.74 bits per heavy atom. The molecule has 1 aliphatic heterocycles. The minimum absolute atomic E-state index is 0. The van der Waals surface area contributed by atoms with Crippen molar-refractivity contribution in [3.63, 3.8) is 0 Å². The first-order chi connectivity index (χ1) is 14.2. The molecule has 0 unspecified atom stereocenters. The molecule has 2 N–H and O–H groups in total. The summed E-state index contributed by atoms with van der Waals surface area (Å²) in [6.07, 6.45) is 4.66. The Kier molecular flexibility index (Phi) is 9.59. The quantitative estimate of drug-likeness (QED) is 0.328. The number of sulfonamides is 1. The van der Waals surface area contributed by atoms with Crippen LogP contribution >= 0.6 is 24.0 Å². The van der Waals surface area contributed by atoms with E-state index in [1.54, 1.807) is 23.5 Å². The molecule has 2 fully saturated rings. The molecule has 1 aromatic carbocycles. The maximum absolute atomic E-state index is 13.2. The van der Waals surface area contributed by atoms with Gasteiger partial charge in [0.15, 0.2) is 5.96 Å². The van der Waals surface area contributed by atoms with Crippen LogP contribution in [0.25, 0.3) is 0 Å². The van der Waals surface area contributed by atoms with Gasteiger partial charge >= 0.3 is 0 Å². The zero-order valence-corrected chi connectivity index (χ0v) is 22.4. The van der Waals surface area contributed by atoms with Crippen molar-refractivity contribution in [2.75, 3.05) is 40.3 Å². The number of piperazine rings is 1. The lowest BCUT2D eigenvalue weighted by Gasteiger charge is -2.35. The number of nitrogens with zero attached hydrogens (tertiary/aromatic N) is 3. The predicted octanol–water partition coefficient (Wildman–Crippen LogP) is 2.87. The minimum atomic E-state index is -3.50. The van der Waals surface area contributed by atoms with Gasteiger partial charge in [-0.25, -0.2) is 8.42 Å². The highest BCUT2D eigenvalue weighted by molar-refractivity contribution is 14.0. The molecule has 0 aromatic heterocycles. The summed E-state index contributed by atoms with van der Waals surface area (Å²) in [4.78, 5) is 6.89. The molecule has 0 amide bonds. The van der Waals surface area contributed by atoms with Crippen molar-refractivity contribution in [2.24, 2.45) is 10.4 Å². The van der Waals surface area contributed by atoms with Gasteiger partial charge in [0.1, 0.15) is 0 Å². The maximum atomic E-state index is 13.2. The monoisotopic (exact) mass is 563 g/mol. The van der Waals surface area contributed by atoms with Crippen molar-refractivity contribution in [1.29, 1.82) is 0 Å². The van der Waals surface area contributed by atoms with Gasteiger partial charge in [0.05, 0.1) is 4.90 Å². The van der Waals surface area contributed by atoms with E-state index in [4.69, 9.17) is 0 Å². The van der Waals surface area contributed by atoms with E-state index in [1.165, 1.54) is 12.8 Å². The van der Waals surface area contributed by atoms with Gasteiger partial charge < -0.3 is 15.5 Å². The lowest BCUT2D eigenvalue weighted by molar-refractivity contribution is 0.216. The number of nitrogens with one attached hydrogen (secondary N) is 2. The second-order valence-electron chi connectivity index (χ2n) is 9.32. The molecular weight excluding hydrogens is 525 g/mol.